The van der Waals surface area contributed by atoms with E-state index in [1.165, 1.54) is 32.1 Å². The topological polar surface area (TPSA) is 33.0 Å². The van der Waals surface area contributed by atoms with Crippen LogP contribution in [-0.4, -0.2) is 6.61 Å². The number of benzene rings is 1. The standard InChI is InChI=1S/C14H16BrNO/c15-13-6-12(9-16)7-14(8-13)17-10-11-4-2-1-3-5-11/h6-8,11H,1-5,10H2. The van der Waals surface area contributed by atoms with E-state index in [0.717, 1.165) is 16.8 Å². The Hall–Kier alpha value is -1.01. The number of ether oxygens (including phenoxy) is 1. The van der Waals surface area contributed by atoms with E-state index in [0.29, 0.717) is 11.5 Å². The van der Waals surface area contributed by atoms with E-state index < -0.39 is 0 Å². The highest BCUT2D eigenvalue weighted by molar-refractivity contribution is 9.10. The number of nitriles is 1. The first-order chi connectivity index (χ1) is 8.28. The summed E-state index contributed by atoms with van der Waals surface area (Å²) in [5.41, 5.74) is 0.637. The van der Waals surface area contributed by atoms with Gasteiger partial charge in [0.2, 0.25) is 0 Å². The van der Waals surface area contributed by atoms with Crippen molar-refractivity contribution in [3.8, 4) is 11.8 Å². The lowest BCUT2D eigenvalue weighted by Crippen LogP contribution is -2.15. The summed E-state index contributed by atoms with van der Waals surface area (Å²) in [6, 6.07) is 7.65. The molecule has 90 valence electrons. The lowest BCUT2D eigenvalue weighted by atomic mass is 9.90. The van der Waals surface area contributed by atoms with Gasteiger partial charge in [-0.25, -0.2) is 0 Å². The molecule has 0 radical (unpaired) electrons. The van der Waals surface area contributed by atoms with Crippen LogP contribution in [0.25, 0.3) is 0 Å². The second-order valence-corrected chi connectivity index (χ2v) is 5.52. The predicted molar refractivity (Wildman–Crippen MR) is 70.9 cm³/mol. The Morgan fingerprint density at radius 1 is 1.24 bits per heavy atom. The van der Waals surface area contributed by atoms with E-state index >= 15 is 0 Å². The maximum atomic E-state index is 8.88. The number of nitrogens with zero attached hydrogens (tertiary/aromatic N) is 1. The van der Waals surface area contributed by atoms with Crippen molar-refractivity contribution in [1.29, 1.82) is 5.26 Å². The van der Waals surface area contributed by atoms with Crippen molar-refractivity contribution in [2.24, 2.45) is 5.92 Å². The van der Waals surface area contributed by atoms with Crippen LogP contribution in [0, 0.1) is 17.2 Å². The molecule has 0 bridgehead atoms. The summed E-state index contributed by atoms with van der Waals surface area (Å²) < 4.78 is 6.69. The predicted octanol–water partition coefficient (Wildman–Crippen LogP) is 4.28. The van der Waals surface area contributed by atoms with Crippen molar-refractivity contribution in [1.82, 2.24) is 0 Å². The number of rotatable bonds is 3. The molecule has 0 heterocycles. The first-order valence-electron chi connectivity index (χ1n) is 6.11. The Morgan fingerprint density at radius 3 is 2.71 bits per heavy atom. The summed E-state index contributed by atoms with van der Waals surface area (Å²) in [4.78, 5) is 0. The molecule has 0 aliphatic heterocycles. The summed E-state index contributed by atoms with van der Waals surface area (Å²) in [7, 11) is 0. The summed E-state index contributed by atoms with van der Waals surface area (Å²) >= 11 is 3.39. The highest BCUT2D eigenvalue weighted by atomic mass is 79.9. The minimum atomic E-state index is 0.637. The minimum Gasteiger partial charge on any atom is -0.493 e. The van der Waals surface area contributed by atoms with Crippen LogP contribution in [0.5, 0.6) is 5.75 Å². The van der Waals surface area contributed by atoms with Gasteiger partial charge in [0.05, 0.1) is 18.2 Å². The van der Waals surface area contributed by atoms with Gasteiger partial charge in [-0.15, -0.1) is 0 Å². The smallest absolute Gasteiger partial charge is 0.121 e. The van der Waals surface area contributed by atoms with Crippen molar-refractivity contribution in [3.63, 3.8) is 0 Å². The molecule has 1 aromatic rings. The fourth-order valence-corrected chi connectivity index (χ4v) is 2.75. The van der Waals surface area contributed by atoms with Crippen LogP contribution in [-0.2, 0) is 0 Å². The average Bonchev–Trinajstić information content (AvgIpc) is 2.37. The van der Waals surface area contributed by atoms with Crippen molar-refractivity contribution in [3.05, 3.63) is 28.2 Å². The van der Waals surface area contributed by atoms with Crippen molar-refractivity contribution in [2.75, 3.05) is 6.61 Å². The van der Waals surface area contributed by atoms with Crippen LogP contribution < -0.4 is 4.74 Å². The zero-order chi connectivity index (χ0) is 12.1. The Morgan fingerprint density at radius 2 is 2.00 bits per heavy atom. The normalized spacial score (nSPS) is 16.5. The second kappa shape index (κ2) is 6.07. The third-order valence-corrected chi connectivity index (χ3v) is 3.67. The summed E-state index contributed by atoms with van der Waals surface area (Å²) in [6.45, 7) is 0.779. The van der Waals surface area contributed by atoms with Crippen LogP contribution in [0.2, 0.25) is 0 Å². The molecule has 0 N–H and O–H groups in total. The first kappa shape index (κ1) is 12.4. The third kappa shape index (κ3) is 3.74. The molecule has 17 heavy (non-hydrogen) atoms. The second-order valence-electron chi connectivity index (χ2n) is 4.60. The van der Waals surface area contributed by atoms with Crippen molar-refractivity contribution < 1.29 is 4.74 Å². The van der Waals surface area contributed by atoms with Gasteiger partial charge in [-0.3, -0.25) is 0 Å². The van der Waals surface area contributed by atoms with Gasteiger partial charge in [-0.2, -0.15) is 5.26 Å². The monoisotopic (exact) mass is 293 g/mol. The summed E-state index contributed by atoms with van der Waals surface area (Å²) in [6.07, 6.45) is 6.58. The SMILES string of the molecule is N#Cc1cc(Br)cc(OCC2CCCCC2)c1. The molecule has 0 unspecified atom stereocenters. The Bertz CT molecular complexity index is 419. The maximum absolute atomic E-state index is 8.88. The molecule has 0 aromatic heterocycles. The van der Waals surface area contributed by atoms with E-state index in [4.69, 9.17) is 10.00 Å². The lowest BCUT2D eigenvalue weighted by molar-refractivity contribution is 0.208. The molecule has 2 rings (SSSR count). The molecular weight excluding hydrogens is 278 g/mol. The van der Waals surface area contributed by atoms with E-state index in [9.17, 15) is 0 Å². The zero-order valence-corrected chi connectivity index (χ0v) is 11.4. The first-order valence-corrected chi connectivity index (χ1v) is 6.91. The largest absolute Gasteiger partial charge is 0.493 e. The highest BCUT2D eigenvalue weighted by Gasteiger charge is 2.14. The molecule has 1 saturated carbocycles. The molecule has 2 nitrogen and oxygen atoms in total. The van der Waals surface area contributed by atoms with Gasteiger partial charge in [-0.1, -0.05) is 35.2 Å². The zero-order valence-electron chi connectivity index (χ0n) is 9.79. The molecule has 0 atom stereocenters. The number of hydrogen-bond donors (Lipinski definition) is 0. The lowest BCUT2D eigenvalue weighted by Gasteiger charge is -2.21. The van der Waals surface area contributed by atoms with Gasteiger partial charge in [-0.05, 0) is 37.0 Å². The fourth-order valence-electron chi connectivity index (χ4n) is 2.28. The van der Waals surface area contributed by atoms with E-state index in [2.05, 4.69) is 22.0 Å². The van der Waals surface area contributed by atoms with Gasteiger partial charge in [0, 0.05) is 4.47 Å². The van der Waals surface area contributed by atoms with Crippen LogP contribution in [0.1, 0.15) is 37.7 Å². The third-order valence-electron chi connectivity index (χ3n) is 3.21. The summed E-state index contributed by atoms with van der Waals surface area (Å²) in [5.74, 6) is 1.48. The highest BCUT2D eigenvalue weighted by Crippen LogP contribution is 2.26. The van der Waals surface area contributed by atoms with Crippen LogP contribution in [0.4, 0.5) is 0 Å². The van der Waals surface area contributed by atoms with Crippen LogP contribution in [0.15, 0.2) is 22.7 Å². The molecule has 1 aliphatic rings. The van der Waals surface area contributed by atoms with Crippen LogP contribution in [0.3, 0.4) is 0 Å². The van der Waals surface area contributed by atoms with Gasteiger partial charge in [0.25, 0.3) is 0 Å². The van der Waals surface area contributed by atoms with Gasteiger partial charge in [0.15, 0.2) is 0 Å². The van der Waals surface area contributed by atoms with E-state index in [1.54, 1.807) is 12.1 Å². The molecule has 0 saturated heterocycles. The molecular formula is C14H16BrNO. The molecule has 0 amide bonds. The molecule has 1 aromatic carbocycles. The Kier molecular flexibility index (Phi) is 4.44. The van der Waals surface area contributed by atoms with Crippen LogP contribution >= 0.6 is 15.9 Å². The number of hydrogen-bond acceptors (Lipinski definition) is 2. The molecule has 1 fully saturated rings. The quantitative estimate of drug-likeness (QED) is 0.833. The summed E-state index contributed by atoms with van der Waals surface area (Å²) in [5, 5.41) is 8.88. The Labute approximate surface area is 111 Å². The fraction of sp³-hybridized carbons (Fsp3) is 0.500. The minimum absolute atomic E-state index is 0.637. The van der Waals surface area contributed by atoms with E-state index in [-0.39, 0.29) is 0 Å². The maximum Gasteiger partial charge on any atom is 0.121 e. The number of halogens is 1. The van der Waals surface area contributed by atoms with Gasteiger partial charge < -0.3 is 4.74 Å². The molecule has 1 aliphatic carbocycles. The average molecular weight is 294 g/mol. The van der Waals surface area contributed by atoms with Crippen molar-refractivity contribution >= 4 is 15.9 Å². The van der Waals surface area contributed by atoms with Gasteiger partial charge >= 0.3 is 0 Å². The van der Waals surface area contributed by atoms with Gasteiger partial charge in [0.1, 0.15) is 5.75 Å². The Balaban J connectivity index is 1.94. The van der Waals surface area contributed by atoms with Crippen molar-refractivity contribution in [2.45, 2.75) is 32.1 Å². The van der Waals surface area contributed by atoms with E-state index in [1.807, 2.05) is 6.07 Å². The molecule has 0 spiro atoms. The molecule has 3 heteroatoms.